The van der Waals surface area contributed by atoms with E-state index in [4.69, 9.17) is 108 Å². The molecule has 18 heteroatoms. The van der Waals surface area contributed by atoms with Crippen LogP contribution in [0.2, 0.25) is 0 Å². The number of benzene rings is 12. The maximum absolute atomic E-state index is 10.4. The third-order valence-electron chi connectivity index (χ3n) is 14.5. The van der Waals surface area contributed by atoms with Gasteiger partial charge in [0.2, 0.25) is 0 Å². The van der Waals surface area contributed by atoms with Gasteiger partial charge in [-0.05, 0) is 68.7 Å². The van der Waals surface area contributed by atoms with Gasteiger partial charge in [-0.15, -0.1) is 0 Å². The van der Waals surface area contributed by atoms with Crippen LogP contribution in [0.1, 0.15) is 162 Å². The molecule has 0 heterocycles. The first kappa shape index (κ1) is 39.4. The van der Waals surface area contributed by atoms with E-state index < -0.39 is 227 Å². The lowest BCUT2D eigenvalue weighted by Gasteiger charge is -2.15. The van der Waals surface area contributed by atoms with Crippen LogP contribution in [0.3, 0.4) is 0 Å². The third kappa shape index (κ3) is 33.9. The second-order valence-electron chi connectivity index (χ2n) is 23.2. The molecule has 0 radical (unpaired) electrons. The van der Waals surface area contributed by atoms with Gasteiger partial charge in [0.05, 0.1) is 19.2 Å². The van der Waals surface area contributed by atoms with Gasteiger partial charge in [0.15, 0.2) is 0 Å². The molecule has 12 rings (SSSR count). The second-order valence-corrected chi connectivity index (χ2v) is 23.2. The Balaban J connectivity index is 0.000000276. The molecule has 12 aromatic rings. The highest BCUT2D eigenvalue weighted by atomic mass is 16.5. The van der Waals surface area contributed by atoms with Gasteiger partial charge in [-0.3, -0.25) is 0 Å². The van der Waals surface area contributed by atoms with Gasteiger partial charge in [-0.25, -0.2) is 0 Å². The van der Waals surface area contributed by atoms with Crippen LogP contribution in [0.15, 0.2) is 255 Å². The summed E-state index contributed by atoms with van der Waals surface area (Å²) >= 11 is 0. The van der Waals surface area contributed by atoms with Crippen molar-refractivity contribution in [2.24, 2.45) is 0 Å². The SMILES string of the molecule is [2H]C([2H])(NC([2H])(C([2H])([2H])[2H])C([2H])([2H])[2H])C(O)C([2H])([2H])Oc1cccc2ccccc12.[2H]C([2H])([2H])C(C)NC([2H])([2H])C([2H])(O)C([2H])([2H])Oc1cccc2ccccc12.[2H]C([2H])([2H])C(NC([2H])([2H])C(O)C([2H])([2H])Oc1cccc2ccccc12)C([2H])([2H])[2H].[2H]C([2H])([2H])C(NC([2H])([2H])C([2H])(O)C([2H])([2H])Oc1cccc2ccccc12)C([2H])([2H])[2H].[2H]C([2H])([2H])C(NC([2H])([2H])C([2H])(O)COc1cccc2ccccc12)C([2H])([2H])[2H].[2H]C([2H])([2H])C(NCC([2H])(O)C([2H])([2H])Oc1cccc2ccccc12)C([2H])([2H])[2H]. The van der Waals surface area contributed by atoms with Gasteiger partial charge >= 0.3 is 0 Å². The Morgan fingerprint density at radius 3 is 0.825 bits per heavy atom. The maximum atomic E-state index is 10.4. The van der Waals surface area contributed by atoms with Crippen LogP contribution in [0.5, 0.6) is 34.5 Å². The predicted octanol–water partition coefficient (Wildman–Crippen LogP) is 15.5. The molecular formula is C96H126N6O12. The van der Waals surface area contributed by atoms with Gasteiger partial charge in [0.25, 0.3) is 0 Å². The minimum Gasteiger partial charge on any atom is -0.490 e. The molecule has 0 aliphatic heterocycles. The molecule has 0 saturated heterocycles. The number of hydrogen-bond donors (Lipinski definition) is 12. The summed E-state index contributed by atoms with van der Waals surface area (Å²) in [5.74, 6) is 0.314. The Morgan fingerprint density at radius 1 is 0.263 bits per heavy atom. The van der Waals surface area contributed by atoms with Crippen LogP contribution in [0.25, 0.3) is 64.6 Å². The van der Waals surface area contributed by atoms with Crippen molar-refractivity contribution in [1.82, 2.24) is 31.9 Å². The normalized spacial score (nSPS) is 24.3. The minimum atomic E-state index is -3.74. The fourth-order valence-electron chi connectivity index (χ4n) is 9.61. The first-order valence-corrected chi connectivity index (χ1v) is 34.2. The second kappa shape index (κ2) is 50.7. The van der Waals surface area contributed by atoms with Crippen LogP contribution >= 0.6 is 0 Å². The molecule has 114 heavy (non-hydrogen) atoms. The van der Waals surface area contributed by atoms with Gasteiger partial charge in [0, 0.05) is 168 Å². The summed E-state index contributed by atoms with van der Waals surface area (Å²) in [6.07, 6.45) is -18.4. The van der Waals surface area contributed by atoms with Crippen molar-refractivity contribution < 1.29 is 139 Å². The summed E-state index contributed by atoms with van der Waals surface area (Å²) in [4.78, 5) is 0. The van der Waals surface area contributed by atoms with E-state index >= 15 is 0 Å². The molecule has 12 N–H and O–H groups in total. The van der Waals surface area contributed by atoms with E-state index in [0.29, 0.717) is 48.8 Å². The molecule has 0 aliphatic rings. The van der Waals surface area contributed by atoms with Crippen LogP contribution in [0, 0.1) is 0 Å². The highest BCUT2D eigenvalue weighted by molar-refractivity contribution is 5.92. The monoisotopic (exact) mass is 1610 g/mol. The molecule has 612 valence electrons. The molecule has 0 saturated carbocycles. The van der Waals surface area contributed by atoms with Crippen LogP contribution < -0.4 is 60.3 Å². The molecule has 0 aliphatic carbocycles. The molecule has 0 spiro atoms. The zero-order valence-corrected chi connectivity index (χ0v) is 60.8. The van der Waals surface area contributed by atoms with Crippen molar-refractivity contribution in [3.63, 3.8) is 0 Å². The summed E-state index contributed by atoms with van der Waals surface area (Å²) in [6.45, 7) is -67.1. The summed E-state index contributed by atoms with van der Waals surface area (Å²) < 4.78 is 472. The molecule has 7 unspecified atom stereocenters. The number of ether oxygens (including phenoxy) is 6. The molecule has 0 bridgehead atoms. The number of rotatable bonds is 36. The first-order valence-electron chi connectivity index (χ1n) is 63.2. The van der Waals surface area contributed by atoms with E-state index in [1.807, 2.05) is 23.5 Å². The standard InChI is InChI=1S/6C16H21NO2/c6*1-12(2)17-10-14(18)11-19-16-9-5-7-13-6-3-4-8-15(13)16/h6*3-9,12,14,17-18H,10-11H2,1-2H3/i1D3,2D3,10D2,11D2,14D;1D3,2D3,10D2,11D2,12D;1D3,10D2,11D2,14D;1D3,2D3,11D2,14D;1D3,2D3,10D2,14D;1D3,2D3,10D2,11D2. The van der Waals surface area contributed by atoms with Crippen molar-refractivity contribution in [1.29, 1.82) is 0 Å². The van der Waals surface area contributed by atoms with Crippen molar-refractivity contribution in [2.45, 2.75) is 155 Å². The lowest BCUT2D eigenvalue weighted by molar-refractivity contribution is 0.105. The Kier molecular flexibility index (Phi) is 17.5. The number of aliphatic hydroxyl groups is 6. The van der Waals surface area contributed by atoms with Gasteiger partial charge < -0.3 is 91.0 Å². The Labute approximate surface area is 757 Å². The Hall–Kier alpha value is -9.48. The van der Waals surface area contributed by atoms with Crippen LogP contribution in [-0.4, -0.2) is 182 Å². The topological polar surface area (TPSA) is 249 Å². The number of hydrogen-bond acceptors (Lipinski definition) is 18. The Bertz CT molecular complexity index is 7160. The smallest absolute Gasteiger partial charge is 0.127 e. The van der Waals surface area contributed by atoms with Crippen molar-refractivity contribution in [3.8, 4) is 34.5 Å². The van der Waals surface area contributed by atoms with Crippen molar-refractivity contribution in [2.75, 3.05) is 78.4 Å². The number of nitrogens with one attached hydrogen (secondary N) is 6. The number of aliphatic hydroxyl groups excluding tert-OH is 2. The van der Waals surface area contributed by atoms with E-state index in [0.717, 1.165) is 28.5 Å². The van der Waals surface area contributed by atoms with Crippen LogP contribution in [0.4, 0.5) is 0 Å². The zero-order chi connectivity index (χ0) is 132. The average molecular weight is 1610 g/mol. The molecule has 0 fully saturated rings. The Morgan fingerprint density at radius 2 is 0.509 bits per heavy atom. The first-order chi connectivity index (χ1) is 77.4. The van der Waals surface area contributed by atoms with Gasteiger partial charge in [-0.2, -0.15) is 0 Å². The maximum Gasteiger partial charge on any atom is 0.127 e. The molecule has 0 amide bonds. The van der Waals surface area contributed by atoms with E-state index in [-0.39, 0.29) is 28.7 Å². The number of fused-ring (bicyclic) bond motifs is 6. The zero-order valence-electron chi connectivity index (χ0n) is 119. The van der Waals surface area contributed by atoms with E-state index in [2.05, 4.69) is 5.32 Å². The lowest BCUT2D eigenvalue weighted by atomic mass is 10.1. The summed E-state index contributed by atoms with van der Waals surface area (Å²) in [5.41, 5.74) is 0. The highest BCUT2D eigenvalue weighted by Gasteiger charge is 2.15. The summed E-state index contributed by atoms with van der Waals surface area (Å²) in [5, 5.41) is 80.3. The molecular weight excluding hydrogens is 1430 g/mol. The molecule has 7 atom stereocenters. The van der Waals surface area contributed by atoms with Crippen molar-refractivity contribution in [3.05, 3.63) is 255 Å². The molecule has 0 aromatic heterocycles. The van der Waals surface area contributed by atoms with Gasteiger partial charge in [-0.1, -0.05) is 301 Å². The largest absolute Gasteiger partial charge is 0.490 e. The van der Waals surface area contributed by atoms with E-state index in [9.17, 15) is 30.6 Å². The van der Waals surface area contributed by atoms with Crippen LogP contribution in [-0.2, 0) is 0 Å². The fourth-order valence-corrected chi connectivity index (χ4v) is 9.61. The van der Waals surface area contributed by atoms with E-state index in [1.165, 1.54) is 41.7 Å². The van der Waals surface area contributed by atoms with E-state index in [1.54, 1.807) is 216 Å². The predicted molar refractivity (Wildman–Crippen MR) is 472 cm³/mol. The summed E-state index contributed by atoms with van der Waals surface area (Å²) in [6, 6.07) is 56.1. The third-order valence-corrected chi connectivity index (χ3v) is 14.5. The fraction of sp³-hybridized carbons (Fsp3) is 0.375. The lowest BCUT2D eigenvalue weighted by Crippen LogP contribution is -2.35. The van der Waals surface area contributed by atoms with Gasteiger partial charge in [0.1, 0.15) is 110 Å². The average Bonchev–Trinajstić information content (AvgIpc) is 0.744. The highest BCUT2D eigenvalue weighted by Crippen LogP contribution is 2.31. The molecule has 18 nitrogen and oxygen atoms in total. The van der Waals surface area contributed by atoms with Crippen molar-refractivity contribution >= 4 is 64.6 Å². The summed E-state index contributed by atoms with van der Waals surface area (Å²) in [7, 11) is 0. The quantitative estimate of drug-likeness (QED) is 0.0174. The minimum absolute atomic E-state index is 0.0169. The molecule has 12 aromatic carbocycles.